The van der Waals surface area contributed by atoms with E-state index in [4.69, 9.17) is 4.55 Å². The third kappa shape index (κ3) is 3.88. The molecule has 2 aromatic rings. The molecular formula is C11H14N2O3S3. The van der Waals surface area contributed by atoms with E-state index in [1.165, 1.54) is 12.1 Å². The lowest BCUT2D eigenvalue weighted by atomic mass is 10.3. The van der Waals surface area contributed by atoms with Gasteiger partial charge in [-0.15, -0.1) is 0 Å². The van der Waals surface area contributed by atoms with Crippen molar-refractivity contribution in [3.05, 3.63) is 18.2 Å². The van der Waals surface area contributed by atoms with Crippen molar-refractivity contribution in [3.8, 4) is 0 Å². The summed E-state index contributed by atoms with van der Waals surface area (Å²) in [5.41, 5.74) is 1.30. The number of fused-ring (bicyclic) bond motifs is 1. The van der Waals surface area contributed by atoms with Gasteiger partial charge in [-0.2, -0.15) is 20.2 Å². The van der Waals surface area contributed by atoms with Crippen molar-refractivity contribution >= 4 is 44.7 Å². The molecule has 0 aliphatic heterocycles. The van der Waals surface area contributed by atoms with Gasteiger partial charge < -0.3 is 4.98 Å². The SMILES string of the molecule is CCSCCSc1nc2cc(S(=O)(=O)O)ccc2[nH]1. The molecule has 0 radical (unpaired) electrons. The molecular weight excluding hydrogens is 304 g/mol. The number of nitrogens with one attached hydrogen (secondary N) is 1. The highest BCUT2D eigenvalue weighted by Gasteiger charge is 2.12. The smallest absolute Gasteiger partial charge is 0.294 e. The van der Waals surface area contributed by atoms with Crippen LogP contribution in [0, 0.1) is 0 Å². The van der Waals surface area contributed by atoms with E-state index in [2.05, 4.69) is 16.9 Å². The molecule has 104 valence electrons. The number of aromatic amines is 1. The van der Waals surface area contributed by atoms with Crippen LogP contribution in [0.5, 0.6) is 0 Å². The van der Waals surface area contributed by atoms with Crippen molar-refractivity contribution in [2.45, 2.75) is 17.0 Å². The van der Waals surface area contributed by atoms with Gasteiger partial charge in [0.15, 0.2) is 5.16 Å². The van der Waals surface area contributed by atoms with Crippen LogP contribution in [-0.2, 0) is 10.1 Å². The van der Waals surface area contributed by atoms with E-state index >= 15 is 0 Å². The van der Waals surface area contributed by atoms with E-state index in [1.807, 2.05) is 11.8 Å². The number of imidazole rings is 1. The van der Waals surface area contributed by atoms with Crippen LogP contribution in [0.3, 0.4) is 0 Å². The topological polar surface area (TPSA) is 83.1 Å². The number of aromatic nitrogens is 2. The fourth-order valence-electron chi connectivity index (χ4n) is 1.53. The van der Waals surface area contributed by atoms with Gasteiger partial charge in [0.05, 0.1) is 15.9 Å². The maximum Gasteiger partial charge on any atom is 0.294 e. The lowest BCUT2D eigenvalue weighted by molar-refractivity contribution is 0.483. The van der Waals surface area contributed by atoms with Gasteiger partial charge in [-0.3, -0.25) is 4.55 Å². The zero-order valence-electron chi connectivity index (χ0n) is 10.3. The molecule has 0 unspecified atom stereocenters. The van der Waals surface area contributed by atoms with Crippen molar-refractivity contribution in [1.82, 2.24) is 9.97 Å². The van der Waals surface area contributed by atoms with Gasteiger partial charge in [0.25, 0.3) is 10.1 Å². The molecule has 19 heavy (non-hydrogen) atoms. The molecule has 0 fully saturated rings. The fraction of sp³-hybridized carbons (Fsp3) is 0.364. The lowest BCUT2D eigenvalue weighted by Gasteiger charge is -1.95. The van der Waals surface area contributed by atoms with E-state index in [-0.39, 0.29) is 4.90 Å². The third-order valence-electron chi connectivity index (χ3n) is 2.40. The summed E-state index contributed by atoms with van der Waals surface area (Å²) in [4.78, 5) is 7.29. The Bertz CT molecular complexity index is 667. The van der Waals surface area contributed by atoms with Gasteiger partial charge in [0.1, 0.15) is 0 Å². The number of H-pyrrole nitrogens is 1. The van der Waals surface area contributed by atoms with Crippen LogP contribution < -0.4 is 0 Å². The second-order valence-corrected chi connectivity index (χ2v) is 7.64. The molecule has 0 bridgehead atoms. The summed E-state index contributed by atoms with van der Waals surface area (Å²) < 4.78 is 31.1. The van der Waals surface area contributed by atoms with Crippen LogP contribution in [0.25, 0.3) is 11.0 Å². The number of benzene rings is 1. The van der Waals surface area contributed by atoms with Crippen molar-refractivity contribution in [3.63, 3.8) is 0 Å². The van der Waals surface area contributed by atoms with Crippen LogP contribution >= 0.6 is 23.5 Å². The summed E-state index contributed by atoms with van der Waals surface area (Å²) in [5, 5.41) is 0.763. The van der Waals surface area contributed by atoms with Crippen LogP contribution in [-0.4, -0.2) is 40.2 Å². The van der Waals surface area contributed by atoms with Crippen LogP contribution in [0.2, 0.25) is 0 Å². The Kier molecular flexibility index (Phi) is 4.77. The first-order chi connectivity index (χ1) is 9.00. The normalized spacial score (nSPS) is 12.1. The highest BCUT2D eigenvalue weighted by Crippen LogP contribution is 2.22. The highest BCUT2D eigenvalue weighted by atomic mass is 32.2. The Morgan fingerprint density at radius 1 is 1.37 bits per heavy atom. The van der Waals surface area contributed by atoms with E-state index in [1.54, 1.807) is 17.8 Å². The minimum Gasteiger partial charge on any atom is -0.333 e. The summed E-state index contributed by atoms with van der Waals surface area (Å²) in [7, 11) is -4.17. The second kappa shape index (κ2) is 6.17. The number of hydrogen-bond acceptors (Lipinski definition) is 5. The molecule has 0 aliphatic rings. The van der Waals surface area contributed by atoms with E-state index in [9.17, 15) is 8.42 Å². The first kappa shape index (κ1) is 14.7. The minimum atomic E-state index is -4.17. The van der Waals surface area contributed by atoms with Crippen molar-refractivity contribution < 1.29 is 13.0 Å². The number of thioether (sulfide) groups is 2. The zero-order valence-corrected chi connectivity index (χ0v) is 12.7. The van der Waals surface area contributed by atoms with Gasteiger partial charge in [0, 0.05) is 11.5 Å². The molecule has 0 saturated heterocycles. The zero-order chi connectivity index (χ0) is 13.9. The average molecular weight is 318 g/mol. The Balaban J connectivity index is 2.17. The molecule has 8 heteroatoms. The van der Waals surface area contributed by atoms with Gasteiger partial charge in [-0.05, 0) is 24.0 Å². The highest BCUT2D eigenvalue weighted by molar-refractivity contribution is 8.02. The molecule has 2 rings (SSSR count). The minimum absolute atomic E-state index is 0.135. The summed E-state index contributed by atoms with van der Waals surface area (Å²) >= 11 is 3.47. The third-order valence-corrected chi connectivity index (χ3v) is 5.29. The van der Waals surface area contributed by atoms with Gasteiger partial charge in [0.2, 0.25) is 0 Å². The Morgan fingerprint density at radius 3 is 2.84 bits per heavy atom. The Labute approximate surface area is 120 Å². The predicted octanol–water partition coefficient (Wildman–Crippen LogP) is 2.65. The van der Waals surface area contributed by atoms with E-state index < -0.39 is 10.1 Å². The molecule has 5 nitrogen and oxygen atoms in total. The molecule has 0 saturated carbocycles. The summed E-state index contributed by atoms with van der Waals surface area (Å²) in [6.45, 7) is 2.12. The lowest BCUT2D eigenvalue weighted by Crippen LogP contribution is -1.97. The largest absolute Gasteiger partial charge is 0.333 e. The molecule has 0 spiro atoms. The van der Waals surface area contributed by atoms with E-state index in [0.717, 1.165) is 27.9 Å². The summed E-state index contributed by atoms with van der Waals surface area (Å²) in [5.74, 6) is 3.09. The van der Waals surface area contributed by atoms with Crippen molar-refractivity contribution in [1.29, 1.82) is 0 Å². The quantitative estimate of drug-likeness (QED) is 0.484. The summed E-state index contributed by atoms with van der Waals surface area (Å²) in [6.07, 6.45) is 0. The maximum atomic E-state index is 11.0. The van der Waals surface area contributed by atoms with Crippen LogP contribution in [0.4, 0.5) is 0 Å². The summed E-state index contributed by atoms with van der Waals surface area (Å²) in [6, 6.07) is 4.33. The molecule has 0 atom stereocenters. The number of hydrogen-bond donors (Lipinski definition) is 2. The van der Waals surface area contributed by atoms with Crippen molar-refractivity contribution in [2.24, 2.45) is 0 Å². The fourth-order valence-corrected chi connectivity index (χ4v) is 3.66. The monoisotopic (exact) mass is 318 g/mol. The first-order valence-electron chi connectivity index (χ1n) is 5.68. The second-order valence-electron chi connectivity index (χ2n) is 3.74. The number of rotatable bonds is 6. The van der Waals surface area contributed by atoms with Crippen LogP contribution in [0.15, 0.2) is 28.3 Å². The molecule has 1 heterocycles. The molecule has 1 aromatic carbocycles. The molecule has 1 aromatic heterocycles. The molecule has 0 amide bonds. The Hall–Kier alpha value is -0.700. The van der Waals surface area contributed by atoms with Gasteiger partial charge in [-0.1, -0.05) is 18.7 Å². The molecule has 0 aliphatic carbocycles. The van der Waals surface area contributed by atoms with Crippen LogP contribution in [0.1, 0.15) is 6.92 Å². The number of nitrogens with zero attached hydrogens (tertiary/aromatic N) is 1. The predicted molar refractivity (Wildman–Crippen MR) is 79.6 cm³/mol. The van der Waals surface area contributed by atoms with Crippen molar-refractivity contribution in [2.75, 3.05) is 17.3 Å². The maximum absolute atomic E-state index is 11.0. The molecule has 2 N–H and O–H groups in total. The average Bonchev–Trinajstić information content (AvgIpc) is 2.75. The Morgan fingerprint density at radius 2 is 2.16 bits per heavy atom. The van der Waals surface area contributed by atoms with E-state index in [0.29, 0.717) is 5.52 Å². The first-order valence-corrected chi connectivity index (χ1v) is 9.26. The van der Waals surface area contributed by atoms with Gasteiger partial charge in [-0.25, -0.2) is 4.98 Å². The standard InChI is InChI=1S/C11H14N2O3S3/c1-2-17-5-6-18-11-12-9-4-3-8(19(14,15)16)7-10(9)13-11/h3-4,7H,2,5-6H2,1H3,(H,12,13)(H,14,15,16). The van der Waals surface area contributed by atoms with Gasteiger partial charge >= 0.3 is 0 Å².